The van der Waals surface area contributed by atoms with E-state index in [4.69, 9.17) is 23.2 Å². The highest BCUT2D eigenvalue weighted by atomic mass is 35.5. The molecule has 4 rings (SSSR count). The molecule has 29 heavy (non-hydrogen) atoms. The topological polar surface area (TPSA) is 40.6 Å². The first-order chi connectivity index (χ1) is 14.1. The lowest BCUT2D eigenvalue weighted by Crippen LogP contribution is -2.35. The van der Waals surface area contributed by atoms with Crippen molar-refractivity contribution in [2.45, 2.75) is 30.6 Å². The van der Waals surface area contributed by atoms with E-state index in [1.165, 1.54) is 16.7 Å². The standard InChI is InChI=1S/C22H20Cl2N2O2S/c23-17-11-10-15(14-18(17)24)26-21(27)19(25-12-6-1-2-7-13-25)20(22(26)28)29-16-8-4-3-5-9-16/h3-5,8-11,14H,1-2,6-7,12-13H2. The molecule has 2 aliphatic heterocycles. The molecular formula is C22H20Cl2N2O2S. The molecule has 0 N–H and O–H groups in total. The number of benzene rings is 2. The maximum Gasteiger partial charge on any atom is 0.283 e. The SMILES string of the molecule is O=C1C(Sc2ccccc2)=C(N2CCCCCC2)C(=O)N1c1ccc(Cl)c(Cl)c1. The highest BCUT2D eigenvalue weighted by Gasteiger charge is 2.42. The van der Waals surface area contributed by atoms with Crippen LogP contribution in [0.15, 0.2) is 64.0 Å². The van der Waals surface area contributed by atoms with E-state index in [0.29, 0.717) is 26.3 Å². The Morgan fingerprint density at radius 3 is 2.14 bits per heavy atom. The van der Waals surface area contributed by atoms with Gasteiger partial charge in [-0.15, -0.1) is 0 Å². The summed E-state index contributed by atoms with van der Waals surface area (Å²) in [5, 5.41) is 0.694. The van der Waals surface area contributed by atoms with Crippen LogP contribution in [-0.4, -0.2) is 29.8 Å². The third-order valence-corrected chi connectivity index (χ3v) is 6.88. The third-order valence-electron chi connectivity index (χ3n) is 5.06. The summed E-state index contributed by atoms with van der Waals surface area (Å²) in [5.74, 6) is -0.616. The van der Waals surface area contributed by atoms with Crippen LogP contribution in [0, 0.1) is 0 Å². The van der Waals surface area contributed by atoms with Crippen molar-refractivity contribution in [1.82, 2.24) is 4.90 Å². The maximum absolute atomic E-state index is 13.4. The van der Waals surface area contributed by atoms with Crippen molar-refractivity contribution in [2.75, 3.05) is 18.0 Å². The lowest BCUT2D eigenvalue weighted by molar-refractivity contribution is -0.121. The predicted molar refractivity (Wildman–Crippen MR) is 118 cm³/mol. The first-order valence-electron chi connectivity index (χ1n) is 9.62. The second kappa shape index (κ2) is 8.82. The third kappa shape index (κ3) is 4.18. The monoisotopic (exact) mass is 446 g/mol. The molecule has 0 aromatic heterocycles. The summed E-state index contributed by atoms with van der Waals surface area (Å²) in [6.45, 7) is 1.56. The number of imide groups is 1. The molecule has 2 aromatic rings. The lowest BCUT2D eigenvalue weighted by Gasteiger charge is -2.24. The molecule has 2 heterocycles. The number of amides is 2. The Hall–Kier alpha value is -1.95. The van der Waals surface area contributed by atoms with E-state index in [-0.39, 0.29) is 11.8 Å². The van der Waals surface area contributed by atoms with Gasteiger partial charge in [-0.3, -0.25) is 9.59 Å². The van der Waals surface area contributed by atoms with Crippen LogP contribution in [0.4, 0.5) is 5.69 Å². The molecule has 1 saturated heterocycles. The molecule has 0 radical (unpaired) electrons. The average molecular weight is 447 g/mol. The van der Waals surface area contributed by atoms with Crippen molar-refractivity contribution in [3.8, 4) is 0 Å². The van der Waals surface area contributed by atoms with Gasteiger partial charge in [0.05, 0.1) is 15.7 Å². The van der Waals surface area contributed by atoms with E-state index in [2.05, 4.69) is 4.90 Å². The van der Waals surface area contributed by atoms with Crippen LogP contribution in [0.25, 0.3) is 0 Å². The molecular weight excluding hydrogens is 427 g/mol. The van der Waals surface area contributed by atoms with E-state index in [1.54, 1.807) is 18.2 Å². The van der Waals surface area contributed by atoms with Crippen molar-refractivity contribution in [3.05, 3.63) is 69.2 Å². The number of thioether (sulfide) groups is 1. The van der Waals surface area contributed by atoms with Crippen molar-refractivity contribution in [2.24, 2.45) is 0 Å². The van der Waals surface area contributed by atoms with E-state index in [1.807, 2.05) is 30.3 Å². The van der Waals surface area contributed by atoms with Gasteiger partial charge in [0, 0.05) is 18.0 Å². The van der Waals surface area contributed by atoms with Gasteiger partial charge >= 0.3 is 0 Å². The van der Waals surface area contributed by atoms with Crippen LogP contribution >= 0.6 is 35.0 Å². The zero-order valence-corrected chi connectivity index (χ0v) is 18.1. The molecule has 0 saturated carbocycles. The van der Waals surface area contributed by atoms with Crippen LogP contribution in [0.1, 0.15) is 25.7 Å². The van der Waals surface area contributed by atoms with Crippen molar-refractivity contribution >= 4 is 52.5 Å². The second-order valence-electron chi connectivity index (χ2n) is 7.04. The number of rotatable bonds is 4. The summed E-state index contributed by atoms with van der Waals surface area (Å²) in [6.07, 6.45) is 4.31. The normalized spacial score (nSPS) is 17.9. The zero-order valence-electron chi connectivity index (χ0n) is 15.7. The molecule has 2 aliphatic rings. The van der Waals surface area contributed by atoms with Crippen LogP contribution in [0.5, 0.6) is 0 Å². The van der Waals surface area contributed by atoms with E-state index in [0.717, 1.165) is 43.7 Å². The number of hydrogen-bond donors (Lipinski definition) is 0. The number of nitrogens with zero attached hydrogens (tertiary/aromatic N) is 2. The molecule has 0 atom stereocenters. The Kier molecular flexibility index (Phi) is 6.18. The fourth-order valence-corrected chi connectivity index (χ4v) is 4.94. The molecule has 2 amide bonds. The zero-order chi connectivity index (χ0) is 20.4. The molecule has 0 unspecified atom stereocenters. The Morgan fingerprint density at radius 2 is 1.48 bits per heavy atom. The van der Waals surface area contributed by atoms with Gasteiger partial charge in [0.25, 0.3) is 11.8 Å². The predicted octanol–water partition coefficient (Wildman–Crippen LogP) is 5.75. The van der Waals surface area contributed by atoms with Gasteiger partial charge < -0.3 is 4.90 Å². The van der Waals surface area contributed by atoms with Crippen molar-refractivity contribution in [1.29, 1.82) is 0 Å². The van der Waals surface area contributed by atoms with Crippen LogP contribution in [0.2, 0.25) is 10.0 Å². The molecule has 7 heteroatoms. The minimum atomic E-state index is -0.318. The van der Waals surface area contributed by atoms with Crippen LogP contribution in [-0.2, 0) is 9.59 Å². The summed E-state index contributed by atoms with van der Waals surface area (Å²) < 4.78 is 0. The lowest BCUT2D eigenvalue weighted by atomic mass is 10.2. The van der Waals surface area contributed by atoms with Gasteiger partial charge in [-0.25, -0.2) is 4.90 Å². The highest BCUT2D eigenvalue weighted by Crippen LogP contribution is 2.40. The van der Waals surface area contributed by atoms with Crippen molar-refractivity contribution in [3.63, 3.8) is 0 Å². The quantitative estimate of drug-likeness (QED) is 0.560. The maximum atomic E-state index is 13.4. The Balaban J connectivity index is 1.75. The fourth-order valence-electron chi connectivity index (χ4n) is 3.63. The fraction of sp³-hybridized carbons (Fsp3) is 0.273. The smallest absolute Gasteiger partial charge is 0.283 e. The number of anilines is 1. The van der Waals surface area contributed by atoms with E-state index in [9.17, 15) is 9.59 Å². The summed E-state index contributed by atoms with van der Waals surface area (Å²) in [5.41, 5.74) is 0.933. The Bertz CT molecular complexity index is 970. The molecule has 0 aliphatic carbocycles. The van der Waals surface area contributed by atoms with Crippen LogP contribution < -0.4 is 4.90 Å². The molecule has 1 fully saturated rings. The van der Waals surface area contributed by atoms with Gasteiger partial charge in [-0.2, -0.15) is 0 Å². The molecule has 0 bridgehead atoms. The van der Waals surface area contributed by atoms with Crippen LogP contribution in [0.3, 0.4) is 0 Å². The number of carbonyl (C=O) groups excluding carboxylic acids is 2. The molecule has 0 spiro atoms. The van der Waals surface area contributed by atoms with Gasteiger partial charge in [-0.1, -0.05) is 66.0 Å². The minimum Gasteiger partial charge on any atom is -0.366 e. The molecule has 150 valence electrons. The highest BCUT2D eigenvalue weighted by molar-refractivity contribution is 8.04. The first-order valence-corrected chi connectivity index (χ1v) is 11.2. The number of likely N-dealkylation sites (tertiary alicyclic amines) is 1. The summed E-state index contributed by atoms with van der Waals surface area (Å²) in [6, 6.07) is 14.5. The van der Waals surface area contributed by atoms with Gasteiger partial charge in [-0.05, 0) is 43.2 Å². The summed E-state index contributed by atoms with van der Waals surface area (Å²) in [7, 11) is 0. The average Bonchev–Trinajstić information content (AvgIpc) is 2.89. The van der Waals surface area contributed by atoms with Gasteiger partial charge in [0.1, 0.15) is 10.6 Å². The molecule has 4 nitrogen and oxygen atoms in total. The van der Waals surface area contributed by atoms with Gasteiger partial charge in [0.15, 0.2) is 0 Å². The van der Waals surface area contributed by atoms with Crippen molar-refractivity contribution < 1.29 is 9.59 Å². The van der Waals surface area contributed by atoms with E-state index >= 15 is 0 Å². The second-order valence-corrected chi connectivity index (χ2v) is 8.94. The Labute approximate surface area is 184 Å². The number of carbonyl (C=O) groups is 2. The summed E-state index contributed by atoms with van der Waals surface area (Å²) in [4.78, 5) is 31.5. The first kappa shape index (κ1) is 20.3. The van der Waals surface area contributed by atoms with Gasteiger partial charge in [0.2, 0.25) is 0 Å². The Morgan fingerprint density at radius 1 is 0.793 bits per heavy atom. The molecule has 2 aromatic carbocycles. The minimum absolute atomic E-state index is 0.297. The summed E-state index contributed by atoms with van der Waals surface area (Å²) >= 11 is 13.5. The number of halogens is 2. The number of hydrogen-bond acceptors (Lipinski definition) is 4. The largest absolute Gasteiger partial charge is 0.366 e. The van der Waals surface area contributed by atoms with E-state index < -0.39 is 0 Å².